The first-order valence-electron chi connectivity index (χ1n) is 6.77. The molecule has 0 spiro atoms. The molecule has 0 atom stereocenters. The molecule has 2 rings (SSSR count). The fraction of sp³-hybridized carbons (Fsp3) is 0.692. The Bertz CT molecular complexity index is 531. The van der Waals surface area contributed by atoms with E-state index in [1.165, 1.54) is 13.8 Å². The zero-order valence-electron chi connectivity index (χ0n) is 12.9. The van der Waals surface area contributed by atoms with E-state index in [1.54, 1.807) is 6.92 Å². The Morgan fingerprint density at radius 3 is 1.77 bits per heavy atom. The molecule has 0 aromatic carbocycles. The van der Waals surface area contributed by atoms with Crippen molar-refractivity contribution in [1.29, 1.82) is 0 Å². The van der Waals surface area contributed by atoms with E-state index in [1.807, 2.05) is 10.0 Å². The van der Waals surface area contributed by atoms with Gasteiger partial charge in [-0.05, 0) is 32.6 Å². The normalized spacial score (nSPS) is 17.4. The minimum atomic E-state index is -3.39. The van der Waals surface area contributed by atoms with Crippen LogP contribution in [0.15, 0.2) is 0 Å². The Hall–Kier alpha value is -1.77. The van der Waals surface area contributed by atoms with Gasteiger partial charge in [-0.3, -0.25) is 24.4 Å². The van der Waals surface area contributed by atoms with Gasteiger partial charge in [0, 0.05) is 22.6 Å². The van der Waals surface area contributed by atoms with Gasteiger partial charge in [-0.2, -0.15) is 0 Å². The number of carbonyl (C=O) groups is 4. The summed E-state index contributed by atoms with van der Waals surface area (Å²) in [5.74, 6) is -0.391. The van der Waals surface area contributed by atoms with Crippen molar-refractivity contribution in [2.75, 3.05) is 0 Å². The van der Waals surface area contributed by atoms with E-state index in [0.717, 1.165) is 19.1 Å². The van der Waals surface area contributed by atoms with Crippen LogP contribution in [0.2, 0.25) is 0 Å². The monoisotopic (exact) mass is 338 g/mol. The average Bonchev–Trinajstić information content (AvgIpc) is 3.23. The average molecular weight is 338 g/mol. The number of imide groups is 1. The summed E-state index contributed by atoms with van der Waals surface area (Å²) in [7, 11) is -3.39. The standard InChI is InChI=1S/C6H11NO3S.C4H6O.C3H5NO2.2H2/c1-5(8)7-11(9,10)6(2)3-4-6;5-3-4-1-2-4;1-3(6)4-2-5;;/h3-4H2,1-2H3,(H,7,8);3-4H,1-2H2;2H,1H3,(H,4,5,6);2*1H. The van der Waals surface area contributed by atoms with E-state index in [0.29, 0.717) is 25.2 Å². The molecule has 0 radical (unpaired) electrons. The highest BCUT2D eigenvalue weighted by Gasteiger charge is 2.50. The molecule has 0 saturated heterocycles. The van der Waals surface area contributed by atoms with E-state index in [-0.39, 0.29) is 8.76 Å². The fourth-order valence-electron chi connectivity index (χ4n) is 1.07. The van der Waals surface area contributed by atoms with Gasteiger partial charge in [0.25, 0.3) is 0 Å². The zero-order chi connectivity index (χ0) is 17.4. The number of carbonyl (C=O) groups excluding carboxylic acids is 4. The second-order valence-electron chi connectivity index (χ2n) is 5.40. The maximum Gasteiger partial charge on any atom is 0.240 e. The van der Waals surface area contributed by atoms with Crippen molar-refractivity contribution in [3.63, 3.8) is 0 Å². The Labute approximate surface area is 133 Å². The van der Waals surface area contributed by atoms with Crippen LogP contribution in [0, 0.1) is 5.92 Å². The molecule has 22 heavy (non-hydrogen) atoms. The van der Waals surface area contributed by atoms with Crippen LogP contribution >= 0.6 is 0 Å². The van der Waals surface area contributed by atoms with Crippen LogP contribution in [0.3, 0.4) is 0 Å². The van der Waals surface area contributed by atoms with Crippen molar-refractivity contribution in [3.05, 3.63) is 0 Å². The highest BCUT2D eigenvalue weighted by atomic mass is 32.2. The Kier molecular flexibility index (Phi) is 7.93. The van der Waals surface area contributed by atoms with Crippen LogP contribution < -0.4 is 10.0 Å². The van der Waals surface area contributed by atoms with E-state index in [2.05, 4.69) is 0 Å². The number of nitrogens with one attached hydrogen (secondary N) is 2. The largest absolute Gasteiger partial charge is 0.303 e. The fourth-order valence-corrected chi connectivity index (χ4v) is 2.34. The number of sulfonamides is 1. The van der Waals surface area contributed by atoms with E-state index < -0.39 is 20.7 Å². The van der Waals surface area contributed by atoms with Gasteiger partial charge in [0.1, 0.15) is 6.29 Å². The molecule has 0 unspecified atom stereocenters. The SMILES string of the molecule is CC(=O)NC=O.CC(=O)NS(=O)(=O)C1(C)CC1.O=CC1CC1.[HH].[HH]. The third-order valence-electron chi connectivity index (χ3n) is 2.96. The Morgan fingerprint density at radius 2 is 1.64 bits per heavy atom. The minimum absolute atomic E-state index is 0. The quantitative estimate of drug-likeness (QED) is 0.713. The maximum absolute atomic E-state index is 11.2. The molecule has 130 valence electrons. The summed E-state index contributed by atoms with van der Waals surface area (Å²) < 4.78 is 23.7. The summed E-state index contributed by atoms with van der Waals surface area (Å²) >= 11 is 0. The number of hydrogen-bond acceptors (Lipinski definition) is 6. The van der Waals surface area contributed by atoms with Gasteiger partial charge in [-0.1, -0.05) is 0 Å². The number of amides is 3. The van der Waals surface area contributed by atoms with Crippen LogP contribution in [-0.2, 0) is 29.2 Å². The lowest BCUT2D eigenvalue weighted by atomic mass is 10.5. The van der Waals surface area contributed by atoms with Crippen LogP contribution in [-0.4, -0.2) is 37.7 Å². The summed E-state index contributed by atoms with van der Waals surface area (Å²) in [5, 5.41) is 1.89. The highest BCUT2D eigenvalue weighted by Crippen LogP contribution is 2.42. The summed E-state index contributed by atoms with van der Waals surface area (Å²) in [6.07, 6.45) is 4.96. The second-order valence-corrected chi connectivity index (χ2v) is 7.60. The lowest BCUT2D eigenvalue weighted by Crippen LogP contribution is -2.36. The summed E-state index contributed by atoms with van der Waals surface area (Å²) in [6, 6.07) is 0. The number of hydrogen-bond donors (Lipinski definition) is 2. The van der Waals surface area contributed by atoms with Crippen molar-refractivity contribution >= 4 is 34.5 Å². The molecule has 2 aliphatic carbocycles. The highest BCUT2D eigenvalue weighted by molar-refractivity contribution is 7.91. The molecule has 2 aliphatic rings. The van der Waals surface area contributed by atoms with Crippen molar-refractivity contribution in [2.24, 2.45) is 5.92 Å². The first-order chi connectivity index (χ1) is 10.1. The minimum Gasteiger partial charge on any atom is -0.303 e. The van der Waals surface area contributed by atoms with Crippen LogP contribution in [0.1, 0.15) is 49.3 Å². The van der Waals surface area contributed by atoms with Crippen molar-refractivity contribution < 1.29 is 30.4 Å². The topological polar surface area (TPSA) is 126 Å². The third-order valence-corrected chi connectivity index (χ3v) is 5.22. The van der Waals surface area contributed by atoms with Crippen LogP contribution in [0.4, 0.5) is 0 Å². The summed E-state index contributed by atoms with van der Waals surface area (Å²) in [6.45, 7) is 4.11. The van der Waals surface area contributed by atoms with Gasteiger partial charge in [0.15, 0.2) is 0 Å². The molecule has 2 fully saturated rings. The van der Waals surface area contributed by atoms with Gasteiger partial charge < -0.3 is 4.79 Å². The summed E-state index contributed by atoms with van der Waals surface area (Å²) in [4.78, 5) is 39.0. The zero-order valence-corrected chi connectivity index (χ0v) is 13.7. The molecule has 2 N–H and O–H groups in total. The van der Waals surface area contributed by atoms with Crippen molar-refractivity contribution in [2.45, 2.75) is 51.2 Å². The van der Waals surface area contributed by atoms with Crippen molar-refractivity contribution in [3.8, 4) is 0 Å². The maximum atomic E-state index is 11.2. The molecule has 9 heteroatoms. The van der Waals surface area contributed by atoms with Crippen LogP contribution in [0.5, 0.6) is 0 Å². The molecule has 2 saturated carbocycles. The Morgan fingerprint density at radius 1 is 1.14 bits per heavy atom. The molecule has 8 nitrogen and oxygen atoms in total. The molecule has 0 aromatic rings. The van der Waals surface area contributed by atoms with Crippen molar-refractivity contribution in [1.82, 2.24) is 10.0 Å². The third kappa shape index (κ3) is 8.50. The molecule has 0 aromatic heterocycles. The molecule has 0 heterocycles. The smallest absolute Gasteiger partial charge is 0.240 e. The summed E-state index contributed by atoms with van der Waals surface area (Å²) in [5.41, 5.74) is 0. The molecular formula is C13H26N2O6S. The lowest BCUT2D eigenvalue weighted by molar-refractivity contribution is -0.123. The number of rotatable bonds is 4. The molecular weight excluding hydrogens is 312 g/mol. The molecule has 3 amide bonds. The first-order valence-corrected chi connectivity index (χ1v) is 8.25. The first kappa shape index (κ1) is 20.2. The van der Waals surface area contributed by atoms with E-state index >= 15 is 0 Å². The molecule has 0 aliphatic heterocycles. The molecule has 0 bridgehead atoms. The lowest BCUT2D eigenvalue weighted by Gasteiger charge is -2.09. The van der Waals surface area contributed by atoms with E-state index in [9.17, 15) is 27.6 Å². The number of aldehydes is 1. The van der Waals surface area contributed by atoms with Gasteiger partial charge >= 0.3 is 0 Å². The van der Waals surface area contributed by atoms with E-state index in [4.69, 9.17) is 0 Å². The van der Waals surface area contributed by atoms with Gasteiger partial charge in [-0.25, -0.2) is 8.42 Å². The van der Waals surface area contributed by atoms with Gasteiger partial charge in [0.2, 0.25) is 28.2 Å². The van der Waals surface area contributed by atoms with Crippen LogP contribution in [0.25, 0.3) is 0 Å². The van der Waals surface area contributed by atoms with Gasteiger partial charge in [-0.15, -0.1) is 0 Å². The Balaban J connectivity index is -0.000000291. The predicted molar refractivity (Wildman–Crippen MR) is 83.3 cm³/mol. The van der Waals surface area contributed by atoms with Gasteiger partial charge in [0.05, 0.1) is 4.75 Å². The second kappa shape index (κ2) is 8.62. The predicted octanol–water partition coefficient (Wildman–Crippen LogP) is 0.371.